The van der Waals surface area contributed by atoms with Crippen molar-refractivity contribution >= 4 is 11.8 Å². The molecule has 1 atom stereocenters. The number of carbonyl (C=O) groups is 2. The van der Waals surface area contributed by atoms with Crippen LogP contribution < -0.4 is 5.32 Å². The fraction of sp³-hybridized carbons (Fsp3) is 0.895. The van der Waals surface area contributed by atoms with Crippen LogP contribution in [-0.2, 0) is 9.59 Å². The van der Waals surface area contributed by atoms with Crippen LogP contribution in [0.3, 0.4) is 0 Å². The number of likely N-dealkylation sites (tertiary alicyclic amines) is 1. The zero-order chi connectivity index (χ0) is 16.9. The minimum atomic E-state index is -0.240. The number of amides is 2. The molecule has 1 unspecified atom stereocenters. The Hall–Kier alpha value is -1.06. The van der Waals surface area contributed by atoms with E-state index in [2.05, 4.69) is 26.1 Å². The summed E-state index contributed by atoms with van der Waals surface area (Å²) in [5.41, 5.74) is -0.0275. The first-order valence-corrected chi connectivity index (χ1v) is 9.47. The Morgan fingerprint density at radius 2 is 1.57 bits per heavy atom. The van der Waals surface area contributed by atoms with Gasteiger partial charge in [-0.05, 0) is 31.1 Å². The van der Waals surface area contributed by atoms with Gasteiger partial charge in [0.05, 0.1) is 0 Å². The lowest BCUT2D eigenvalue weighted by atomic mass is 9.91. The van der Waals surface area contributed by atoms with Gasteiger partial charge in [0.2, 0.25) is 11.8 Å². The van der Waals surface area contributed by atoms with Gasteiger partial charge >= 0.3 is 0 Å². The van der Waals surface area contributed by atoms with Gasteiger partial charge in [-0.25, -0.2) is 0 Å². The molecular formula is C19H34N2O2. The minimum Gasteiger partial charge on any atom is -0.352 e. The molecule has 2 aliphatic rings. The molecule has 1 saturated carbocycles. The molecule has 0 radical (unpaired) electrons. The van der Waals surface area contributed by atoms with Crippen molar-refractivity contribution in [1.82, 2.24) is 10.2 Å². The van der Waals surface area contributed by atoms with Crippen LogP contribution in [0.4, 0.5) is 0 Å². The van der Waals surface area contributed by atoms with Gasteiger partial charge in [0.25, 0.3) is 0 Å². The second-order valence-electron chi connectivity index (χ2n) is 8.53. The summed E-state index contributed by atoms with van der Waals surface area (Å²) < 4.78 is 0. The molecule has 0 spiro atoms. The van der Waals surface area contributed by atoms with Gasteiger partial charge in [-0.3, -0.25) is 9.59 Å². The summed E-state index contributed by atoms with van der Waals surface area (Å²) >= 11 is 0. The number of nitrogens with one attached hydrogen (secondary N) is 1. The van der Waals surface area contributed by atoms with Crippen molar-refractivity contribution < 1.29 is 9.59 Å². The molecule has 4 nitrogen and oxygen atoms in total. The van der Waals surface area contributed by atoms with E-state index in [1.165, 1.54) is 32.1 Å². The highest BCUT2D eigenvalue weighted by Crippen LogP contribution is 2.25. The van der Waals surface area contributed by atoms with Crippen molar-refractivity contribution in [2.75, 3.05) is 6.54 Å². The Labute approximate surface area is 141 Å². The average molecular weight is 322 g/mol. The molecular weight excluding hydrogens is 288 g/mol. The number of rotatable bonds is 3. The first kappa shape index (κ1) is 18.3. The number of nitrogens with zero attached hydrogens (tertiary/aromatic N) is 1. The van der Waals surface area contributed by atoms with E-state index in [1.54, 1.807) is 0 Å². The second-order valence-corrected chi connectivity index (χ2v) is 8.53. The Bertz CT molecular complexity index is 406. The van der Waals surface area contributed by atoms with E-state index in [0.29, 0.717) is 12.5 Å². The van der Waals surface area contributed by atoms with Gasteiger partial charge in [-0.1, -0.05) is 52.9 Å². The van der Waals surface area contributed by atoms with Gasteiger partial charge < -0.3 is 10.2 Å². The van der Waals surface area contributed by atoms with Crippen LogP contribution in [0.25, 0.3) is 0 Å². The Kier molecular flexibility index (Phi) is 6.49. The number of hydrogen-bond donors (Lipinski definition) is 1. The van der Waals surface area contributed by atoms with Crippen LogP contribution in [0.1, 0.15) is 85.0 Å². The molecule has 1 aliphatic carbocycles. The smallest absolute Gasteiger partial charge is 0.243 e. The summed E-state index contributed by atoms with van der Waals surface area (Å²) in [7, 11) is 0. The van der Waals surface area contributed by atoms with E-state index >= 15 is 0 Å². The Morgan fingerprint density at radius 1 is 0.957 bits per heavy atom. The van der Waals surface area contributed by atoms with Crippen molar-refractivity contribution in [3.8, 4) is 0 Å². The van der Waals surface area contributed by atoms with Gasteiger partial charge in [-0.2, -0.15) is 0 Å². The maximum atomic E-state index is 12.7. The summed E-state index contributed by atoms with van der Waals surface area (Å²) in [5.74, 6) is 0.211. The predicted molar refractivity (Wildman–Crippen MR) is 93.1 cm³/mol. The fourth-order valence-corrected chi connectivity index (χ4v) is 3.79. The molecule has 1 N–H and O–H groups in total. The maximum absolute atomic E-state index is 12.7. The quantitative estimate of drug-likeness (QED) is 0.862. The van der Waals surface area contributed by atoms with Gasteiger partial charge in [0.15, 0.2) is 0 Å². The topological polar surface area (TPSA) is 49.4 Å². The third-order valence-corrected chi connectivity index (χ3v) is 5.01. The third kappa shape index (κ3) is 5.82. The molecule has 0 aromatic heterocycles. The zero-order valence-corrected chi connectivity index (χ0v) is 15.2. The predicted octanol–water partition coefficient (Wildman–Crippen LogP) is 3.64. The first-order valence-electron chi connectivity index (χ1n) is 9.47. The van der Waals surface area contributed by atoms with E-state index in [-0.39, 0.29) is 23.3 Å². The van der Waals surface area contributed by atoms with E-state index in [0.717, 1.165) is 32.2 Å². The van der Waals surface area contributed by atoms with E-state index in [9.17, 15) is 9.59 Å². The lowest BCUT2D eigenvalue weighted by Crippen LogP contribution is -2.49. The number of hydrogen-bond acceptors (Lipinski definition) is 2. The SMILES string of the molecule is CC(C)(C)CC(=O)N1CCCC1C(=O)NC1CCCCCCC1. The number of carbonyl (C=O) groups excluding carboxylic acids is 2. The molecule has 4 heteroatoms. The molecule has 1 heterocycles. The highest BCUT2D eigenvalue weighted by atomic mass is 16.2. The van der Waals surface area contributed by atoms with Crippen LogP contribution >= 0.6 is 0 Å². The molecule has 23 heavy (non-hydrogen) atoms. The zero-order valence-electron chi connectivity index (χ0n) is 15.2. The summed E-state index contributed by atoms with van der Waals surface area (Å²) in [4.78, 5) is 27.0. The van der Waals surface area contributed by atoms with Crippen LogP contribution in [0.2, 0.25) is 0 Å². The van der Waals surface area contributed by atoms with E-state index in [4.69, 9.17) is 0 Å². The van der Waals surface area contributed by atoms with Crippen molar-refractivity contribution in [2.45, 2.75) is 97.1 Å². The van der Waals surface area contributed by atoms with Crippen molar-refractivity contribution in [3.05, 3.63) is 0 Å². The van der Waals surface area contributed by atoms with Gasteiger partial charge in [0, 0.05) is 19.0 Å². The van der Waals surface area contributed by atoms with Crippen LogP contribution in [-0.4, -0.2) is 35.3 Å². The molecule has 132 valence electrons. The fourth-order valence-electron chi connectivity index (χ4n) is 3.79. The average Bonchev–Trinajstić information content (AvgIpc) is 2.89. The van der Waals surface area contributed by atoms with Crippen LogP contribution in [0.5, 0.6) is 0 Å². The summed E-state index contributed by atoms with van der Waals surface area (Å²) in [6.07, 6.45) is 10.8. The summed E-state index contributed by atoms with van der Waals surface area (Å²) in [6, 6.07) is 0.0678. The Balaban J connectivity index is 1.90. The highest BCUT2D eigenvalue weighted by Gasteiger charge is 2.35. The van der Waals surface area contributed by atoms with Crippen molar-refractivity contribution in [2.24, 2.45) is 5.41 Å². The van der Waals surface area contributed by atoms with Crippen LogP contribution in [0.15, 0.2) is 0 Å². The lowest BCUT2D eigenvalue weighted by Gasteiger charge is -2.29. The monoisotopic (exact) mass is 322 g/mol. The lowest BCUT2D eigenvalue weighted by molar-refractivity contribution is -0.140. The second kappa shape index (κ2) is 8.16. The Morgan fingerprint density at radius 3 is 2.17 bits per heavy atom. The molecule has 1 saturated heterocycles. The molecule has 2 rings (SSSR count). The van der Waals surface area contributed by atoms with Gasteiger partial charge in [-0.15, -0.1) is 0 Å². The molecule has 2 fully saturated rings. The molecule has 0 aromatic rings. The molecule has 2 amide bonds. The highest BCUT2D eigenvalue weighted by molar-refractivity contribution is 5.88. The molecule has 0 aromatic carbocycles. The van der Waals surface area contributed by atoms with E-state index < -0.39 is 0 Å². The normalized spacial score (nSPS) is 24.1. The van der Waals surface area contributed by atoms with Gasteiger partial charge in [0.1, 0.15) is 6.04 Å². The third-order valence-electron chi connectivity index (χ3n) is 5.01. The van der Waals surface area contributed by atoms with Crippen LogP contribution in [0, 0.1) is 5.41 Å². The summed E-state index contributed by atoms with van der Waals surface area (Å²) in [6.45, 7) is 6.96. The van der Waals surface area contributed by atoms with Crippen molar-refractivity contribution in [3.63, 3.8) is 0 Å². The standard InChI is InChI=1S/C19H34N2O2/c1-19(2,3)14-17(22)21-13-9-12-16(21)18(23)20-15-10-7-5-4-6-8-11-15/h15-16H,4-14H2,1-3H3,(H,20,23). The van der Waals surface area contributed by atoms with Crippen molar-refractivity contribution in [1.29, 1.82) is 0 Å². The largest absolute Gasteiger partial charge is 0.352 e. The minimum absolute atomic E-state index is 0.0275. The summed E-state index contributed by atoms with van der Waals surface area (Å²) in [5, 5.41) is 3.24. The molecule has 0 bridgehead atoms. The molecule has 1 aliphatic heterocycles. The van der Waals surface area contributed by atoms with E-state index in [1.807, 2.05) is 4.90 Å². The first-order chi connectivity index (χ1) is 10.9. The maximum Gasteiger partial charge on any atom is 0.243 e.